The number of aromatic nitrogens is 4. The maximum Gasteiger partial charge on any atom is 0.276 e. The minimum absolute atomic E-state index is 0.0857. The van der Waals surface area contributed by atoms with Crippen molar-refractivity contribution in [1.29, 1.82) is 0 Å². The molecule has 4 aromatic rings. The van der Waals surface area contributed by atoms with Gasteiger partial charge in [-0.3, -0.25) is 9.48 Å². The van der Waals surface area contributed by atoms with E-state index in [1.807, 2.05) is 30.3 Å². The molecule has 0 atom stereocenters. The van der Waals surface area contributed by atoms with Gasteiger partial charge >= 0.3 is 0 Å². The van der Waals surface area contributed by atoms with Gasteiger partial charge in [0.2, 0.25) is 0 Å². The number of nitrogens with zero attached hydrogens (tertiary/aromatic N) is 4. The predicted octanol–water partition coefficient (Wildman–Crippen LogP) is 4.72. The molecule has 2 heterocycles. The van der Waals surface area contributed by atoms with E-state index in [0.717, 1.165) is 5.56 Å². The van der Waals surface area contributed by atoms with Crippen molar-refractivity contribution in [2.45, 2.75) is 13.3 Å². The fourth-order valence-electron chi connectivity index (χ4n) is 2.77. The zero-order valence-electron chi connectivity index (χ0n) is 15.7. The van der Waals surface area contributed by atoms with Crippen molar-refractivity contribution in [3.05, 3.63) is 94.5 Å². The van der Waals surface area contributed by atoms with Gasteiger partial charge in [-0.2, -0.15) is 10.2 Å². The lowest BCUT2D eigenvalue weighted by Gasteiger charge is -2.08. The van der Waals surface area contributed by atoms with Crippen molar-refractivity contribution in [3.63, 3.8) is 0 Å². The van der Waals surface area contributed by atoms with Crippen molar-refractivity contribution in [2.75, 3.05) is 5.32 Å². The molecule has 0 radical (unpaired) electrons. The molecule has 0 aliphatic rings. The molecule has 0 aliphatic heterocycles. The summed E-state index contributed by atoms with van der Waals surface area (Å²) < 4.78 is 8.86. The highest BCUT2D eigenvalue weighted by atomic mass is 35.5. The first-order valence-corrected chi connectivity index (χ1v) is 9.82. The number of ether oxygens (including phenoxy) is 1. The van der Waals surface area contributed by atoms with Gasteiger partial charge in [-0.25, -0.2) is 4.68 Å². The van der Waals surface area contributed by atoms with Crippen LogP contribution in [0.3, 0.4) is 0 Å². The van der Waals surface area contributed by atoms with Crippen LogP contribution in [0, 0.1) is 0 Å². The lowest BCUT2D eigenvalue weighted by Crippen LogP contribution is -2.14. The molecule has 0 spiro atoms. The van der Waals surface area contributed by atoms with E-state index in [1.54, 1.807) is 47.5 Å². The third-order valence-corrected chi connectivity index (χ3v) is 5.02. The Kier molecular flexibility index (Phi) is 6.02. The van der Waals surface area contributed by atoms with Crippen LogP contribution in [-0.4, -0.2) is 25.5 Å². The van der Waals surface area contributed by atoms with Crippen molar-refractivity contribution >= 4 is 34.8 Å². The van der Waals surface area contributed by atoms with Crippen LogP contribution in [0.25, 0.3) is 0 Å². The average Bonchev–Trinajstić information content (AvgIpc) is 3.39. The molecule has 0 bridgehead atoms. The second-order valence-electron chi connectivity index (χ2n) is 6.43. The summed E-state index contributed by atoms with van der Waals surface area (Å²) in [6.45, 7) is 0.705. The molecule has 9 heteroatoms. The smallest absolute Gasteiger partial charge is 0.276 e. The van der Waals surface area contributed by atoms with E-state index >= 15 is 0 Å². The van der Waals surface area contributed by atoms with Gasteiger partial charge < -0.3 is 10.1 Å². The minimum atomic E-state index is -0.339. The molecule has 2 aromatic heterocycles. The standard InChI is InChI=1S/C21H17Cl2N5O2/c22-17-7-4-8-19(20(17)23)30-14-27-10-9-18(26-27)21(29)25-16-11-24-28(13-16)12-15-5-2-1-3-6-15/h1-11,13H,12,14H2,(H,25,29). The number of nitrogens with one attached hydrogen (secondary N) is 1. The highest BCUT2D eigenvalue weighted by molar-refractivity contribution is 6.42. The molecular weight excluding hydrogens is 425 g/mol. The quantitative estimate of drug-likeness (QED) is 0.450. The molecule has 0 saturated carbocycles. The number of rotatable bonds is 7. The Bertz CT molecular complexity index is 1160. The van der Waals surface area contributed by atoms with Crippen LogP contribution in [0.1, 0.15) is 16.1 Å². The van der Waals surface area contributed by atoms with Gasteiger partial charge in [-0.15, -0.1) is 0 Å². The zero-order chi connectivity index (χ0) is 20.9. The summed E-state index contributed by atoms with van der Waals surface area (Å²) in [5.41, 5.74) is 1.97. The molecule has 0 aliphatic carbocycles. The Labute approximate surface area is 182 Å². The van der Waals surface area contributed by atoms with Crippen LogP contribution in [0.5, 0.6) is 5.75 Å². The van der Waals surface area contributed by atoms with E-state index in [2.05, 4.69) is 15.5 Å². The predicted molar refractivity (Wildman–Crippen MR) is 115 cm³/mol. The molecule has 2 aromatic carbocycles. The molecule has 7 nitrogen and oxygen atoms in total. The van der Waals surface area contributed by atoms with E-state index in [-0.39, 0.29) is 18.3 Å². The highest BCUT2D eigenvalue weighted by Crippen LogP contribution is 2.31. The summed E-state index contributed by atoms with van der Waals surface area (Å²) in [7, 11) is 0. The first-order valence-electron chi connectivity index (χ1n) is 9.06. The maximum atomic E-state index is 12.5. The molecular formula is C21H17Cl2N5O2. The van der Waals surface area contributed by atoms with E-state index in [0.29, 0.717) is 28.0 Å². The van der Waals surface area contributed by atoms with Crippen molar-refractivity contribution in [2.24, 2.45) is 0 Å². The number of anilines is 1. The van der Waals surface area contributed by atoms with Crippen LogP contribution in [-0.2, 0) is 13.3 Å². The highest BCUT2D eigenvalue weighted by Gasteiger charge is 2.12. The second-order valence-corrected chi connectivity index (χ2v) is 7.22. The monoisotopic (exact) mass is 441 g/mol. The van der Waals surface area contributed by atoms with Gasteiger partial charge in [-0.05, 0) is 23.8 Å². The van der Waals surface area contributed by atoms with Crippen LogP contribution in [0.4, 0.5) is 5.69 Å². The minimum Gasteiger partial charge on any atom is -0.470 e. The van der Waals surface area contributed by atoms with Crippen molar-refractivity contribution in [3.8, 4) is 5.75 Å². The number of carbonyl (C=O) groups is 1. The third kappa shape index (κ3) is 4.82. The number of amides is 1. The molecule has 0 fully saturated rings. The largest absolute Gasteiger partial charge is 0.470 e. The van der Waals surface area contributed by atoms with E-state index in [4.69, 9.17) is 27.9 Å². The Morgan fingerprint density at radius 2 is 1.87 bits per heavy atom. The van der Waals surface area contributed by atoms with E-state index in [1.165, 1.54) is 4.68 Å². The Hall–Kier alpha value is -3.29. The van der Waals surface area contributed by atoms with Crippen molar-refractivity contribution < 1.29 is 9.53 Å². The zero-order valence-corrected chi connectivity index (χ0v) is 17.2. The normalized spacial score (nSPS) is 10.7. The molecule has 0 unspecified atom stereocenters. The van der Waals surface area contributed by atoms with Gasteiger partial charge in [0.05, 0.1) is 23.5 Å². The molecule has 1 N–H and O–H groups in total. The lowest BCUT2D eigenvalue weighted by atomic mass is 10.2. The molecule has 4 rings (SSSR count). The van der Waals surface area contributed by atoms with E-state index in [9.17, 15) is 4.79 Å². The number of hydrogen-bond donors (Lipinski definition) is 1. The summed E-state index contributed by atoms with van der Waals surface area (Å²) in [6, 6.07) is 16.7. The van der Waals surface area contributed by atoms with Crippen molar-refractivity contribution in [1.82, 2.24) is 19.6 Å². The van der Waals surface area contributed by atoms with Gasteiger partial charge in [0.25, 0.3) is 5.91 Å². The SMILES string of the molecule is O=C(Nc1cnn(Cc2ccccc2)c1)c1ccn(COc2cccc(Cl)c2Cl)n1. The van der Waals surface area contributed by atoms with Gasteiger partial charge in [0.1, 0.15) is 10.8 Å². The first kappa shape index (κ1) is 20.0. The number of halogens is 2. The fraction of sp³-hybridized carbons (Fsp3) is 0.0952. The molecule has 152 valence electrons. The van der Waals surface area contributed by atoms with Crippen LogP contribution < -0.4 is 10.1 Å². The van der Waals surface area contributed by atoms with Crippen LogP contribution in [0.15, 0.2) is 73.2 Å². The van der Waals surface area contributed by atoms with Gasteiger partial charge in [0.15, 0.2) is 12.4 Å². The first-order chi connectivity index (χ1) is 14.6. The Balaban J connectivity index is 1.34. The molecule has 30 heavy (non-hydrogen) atoms. The van der Waals surface area contributed by atoms with Gasteiger partial charge in [-0.1, -0.05) is 59.6 Å². The van der Waals surface area contributed by atoms with Crippen LogP contribution in [0.2, 0.25) is 10.0 Å². The summed E-state index contributed by atoms with van der Waals surface area (Å²) in [6.07, 6.45) is 5.01. The Morgan fingerprint density at radius 1 is 1.03 bits per heavy atom. The Morgan fingerprint density at radius 3 is 2.70 bits per heavy atom. The van der Waals surface area contributed by atoms with Crippen LogP contribution >= 0.6 is 23.2 Å². The lowest BCUT2D eigenvalue weighted by molar-refractivity contribution is 0.102. The summed E-state index contributed by atoms with van der Waals surface area (Å²) in [4.78, 5) is 12.5. The fourth-order valence-corrected chi connectivity index (χ4v) is 3.11. The average molecular weight is 442 g/mol. The summed E-state index contributed by atoms with van der Waals surface area (Å²) in [5.74, 6) is 0.102. The summed E-state index contributed by atoms with van der Waals surface area (Å²) >= 11 is 12.1. The topological polar surface area (TPSA) is 74.0 Å². The number of benzene rings is 2. The summed E-state index contributed by atoms with van der Waals surface area (Å²) in [5, 5.41) is 12.0. The van der Waals surface area contributed by atoms with E-state index < -0.39 is 0 Å². The molecule has 0 saturated heterocycles. The number of hydrogen-bond acceptors (Lipinski definition) is 4. The molecule has 1 amide bonds. The number of carbonyl (C=O) groups excluding carboxylic acids is 1. The maximum absolute atomic E-state index is 12.5. The second kappa shape index (κ2) is 9.02. The van der Waals surface area contributed by atoms with Gasteiger partial charge in [0, 0.05) is 12.4 Å². The third-order valence-electron chi connectivity index (χ3n) is 4.22.